The summed E-state index contributed by atoms with van der Waals surface area (Å²) in [5.74, 6) is -0.476. The molecule has 1 amide bonds. The van der Waals surface area contributed by atoms with Crippen LogP contribution in [0.25, 0.3) is 11.2 Å². The maximum Gasteiger partial charge on any atom is 0.333 e. The predicted molar refractivity (Wildman–Crippen MR) is 118 cm³/mol. The Bertz CT molecular complexity index is 1370. The number of carbonyl (C=O) groups is 1. The molecule has 8 nitrogen and oxygen atoms in total. The van der Waals surface area contributed by atoms with Crippen LogP contribution in [-0.4, -0.2) is 25.0 Å². The molecule has 0 atom stereocenters. The molecule has 0 spiro atoms. The number of anilines is 1. The first-order chi connectivity index (χ1) is 15.0. The molecular weight excluding hydrogens is 418 g/mol. The lowest BCUT2D eigenvalue weighted by atomic mass is 10.1. The molecule has 0 aliphatic rings. The van der Waals surface area contributed by atoms with E-state index in [1.54, 1.807) is 24.3 Å². The number of aryl methyl sites for hydroxylation is 1. The third-order valence-corrected chi connectivity index (χ3v) is 5.09. The molecule has 4 aromatic rings. The van der Waals surface area contributed by atoms with E-state index in [0.29, 0.717) is 17.1 Å². The average Bonchev–Trinajstić information content (AvgIpc) is 2.79. The van der Waals surface area contributed by atoms with Crippen LogP contribution in [0, 0.1) is 0 Å². The molecule has 0 unspecified atom stereocenters. The van der Waals surface area contributed by atoms with E-state index < -0.39 is 17.2 Å². The van der Waals surface area contributed by atoms with E-state index in [9.17, 15) is 14.4 Å². The summed E-state index contributed by atoms with van der Waals surface area (Å²) in [7, 11) is 0. The van der Waals surface area contributed by atoms with Gasteiger partial charge in [-0.05, 0) is 24.1 Å². The standard InChI is InChI=1S/C22H18ClN5O3/c23-16-8-4-5-9-17(16)26-18(29)14-28-20-19(24-11-12-25-20)21(30)27(22(28)31)13-10-15-6-2-1-3-7-15/h1-9,11-12H,10,13-14H2,(H,26,29). The van der Waals surface area contributed by atoms with E-state index in [4.69, 9.17) is 11.6 Å². The van der Waals surface area contributed by atoms with Crippen LogP contribution in [0.4, 0.5) is 5.69 Å². The fraction of sp³-hybridized carbons (Fsp3) is 0.136. The van der Waals surface area contributed by atoms with Gasteiger partial charge in [-0.2, -0.15) is 0 Å². The number of nitrogens with zero attached hydrogens (tertiary/aromatic N) is 4. The number of hydrogen-bond acceptors (Lipinski definition) is 5. The summed E-state index contributed by atoms with van der Waals surface area (Å²) in [4.78, 5) is 46.9. The first-order valence-corrected chi connectivity index (χ1v) is 9.95. The van der Waals surface area contributed by atoms with Crippen molar-refractivity contribution >= 4 is 34.4 Å². The Kier molecular flexibility index (Phi) is 5.90. The van der Waals surface area contributed by atoms with Crippen molar-refractivity contribution in [1.29, 1.82) is 0 Å². The minimum atomic E-state index is -0.622. The van der Waals surface area contributed by atoms with Gasteiger partial charge >= 0.3 is 5.69 Å². The molecule has 0 bridgehead atoms. The van der Waals surface area contributed by atoms with Crippen molar-refractivity contribution < 1.29 is 4.79 Å². The lowest BCUT2D eigenvalue weighted by Crippen LogP contribution is -2.42. The van der Waals surface area contributed by atoms with Crippen LogP contribution in [-0.2, 0) is 24.3 Å². The fourth-order valence-electron chi connectivity index (χ4n) is 3.25. The van der Waals surface area contributed by atoms with Crippen molar-refractivity contribution in [2.45, 2.75) is 19.5 Å². The van der Waals surface area contributed by atoms with Gasteiger partial charge in [0.1, 0.15) is 6.54 Å². The Morgan fingerprint density at radius 2 is 1.65 bits per heavy atom. The van der Waals surface area contributed by atoms with Crippen LogP contribution in [0.1, 0.15) is 5.56 Å². The average molecular weight is 436 g/mol. The zero-order valence-corrected chi connectivity index (χ0v) is 17.1. The molecule has 4 rings (SSSR count). The highest BCUT2D eigenvalue weighted by Gasteiger charge is 2.17. The number of amides is 1. The minimum Gasteiger partial charge on any atom is -0.323 e. The maximum atomic E-state index is 13.1. The Labute approximate surface area is 181 Å². The van der Waals surface area contributed by atoms with Crippen molar-refractivity contribution in [3.63, 3.8) is 0 Å². The van der Waals surface area contributed by atoms with Gasteiger partial charge in [0.15, 0.2) is 11.2 Å². The Morgan fingerprint density at radius 1 is 0.935 bits per heavy atom. The van der Waals surface area contributed by atoms with Gasteiger partial charge in [0.25, 0.3) is 5.56 Å². The van der Waals surface area contributed by atoms with Crippen molar-refractivity contribution in [1.82, 2.24) is 19.1 Å². The van der Waals surface area contributed by atoms with Crippen LogP contribution in [0.15, 0.2) is 76.6 Å². The van der Waals surface area contributed by atoms with Crippen molar-refractivity contribution in [2.24, 2.45) is 0 Å². The topological polar surface area (TPSA) is 98.9 Å². The highest BCUT2D eigenvalue weighted by Crippen LogP contribution is 2.20. The second-order valence-electron chi connectivity index (χ2n) is 6.82. The van der Waals surface area contributed by atoms with E-state index in [2.05, 4.69) is 15.3 Å². The monoisotopic (exact) mass is 435 g/mol. The zero-order chi connectivity index (χ0) is 21.8. The SMILES string of the molecule is O=C(Cn1c(=O)n(CCc2ccccc2)c(=O)c2nccnc21)Nc1ccccc1Cl. The number of carbonyl (C=O) groups excluding carboxylic acids is 1. The maximum absolute atomic E-state index is 13.1. The second-order valence-corrected chi connectivity index (χ2v) is 7.22. The van der Waals surface area contributed by atoms with Gasteiger partial charge in [0.2, 0.25) is 5.91 Å². The molecule has 0 saturated carbocycles. The number of aromatic nitrogens is 4. The van der Waals surface area contributed by atoms with Crippen LogP contribution in [0.5, 0.6) is 0 Å². The molecule has 0 aliphatic carbocycles. The number of fused-ring (bicyclic) bond motifs is 1. The molecule has 156 valence electrons. The normalized spacial score (nSPS) is 10.9. The molecule has 0 aliphatic heterocycles. The van der Waals surface area contributed by atoms with Crippen LogP contribution < -0.4 is 16.6 Å². The van der Waals surface area contributed by atoms with E-state index in [1.165, 1.54) is 12.4 Å². The first kappa shape index (κ1) is 20.5. The Hall–Kier alpha value is -3.78. The van der Waals surface area contributed by atoms with E-state index in [0.717, 1.165) is 14.7 Å². The van der Waals surface area contributed by atoms with E-state index in [-0.39, 0.29) is 24.3 Å². The summed E-state index contributed by atoms with van der Waals surface area (Å²) in [6.07, 6.45) is 3.23. The van der Waals surface area contributed by atoms with Crippen molar-refractivity contribution in [3.05, 3.63) is 98.4 Å². The molecule has 0 saturated heterocycles. The van der Waals surface area contributed by atoms with Gasteiger partial charge in [-0.1, -0.05) is 54.1 Å². The number of para-hydroxylation sites is 1. The molecule has 1 N–H and O–H groups in total. The zero-order valence-electron chi connectivity index (χ0n) is 16.4. The molecule has 31 heavy (non-hydrogen) atoms. The third-order valence-electron chi connectivity index (χ3n) is 4.76. The minimum absolute atomic E-state index is 0.0284. The molecule has 9 heteroatoms. The predicted octanol–water partition coefficient (Wildman–Crippen LogP) is 2.49. The quantitative estimate of drug-likeness (QED) is 0.501. The van der Waals surface area contributed by atoms with Crippen molar-refractivity contribution in [3.8, 4) is 0 Å². The van der Waals surface area contributed by atoms with Gasteiger partial charge in [-0.25, -0.2) is 14.8 Å². The van der Waals surface area contributed by atoms with Gasteiger partial charge in [0, 0.05) is 18.9 Å². The fourth-order valence-corrected chi connectivity index (χ4v) is 3.43. The number of nitrogens with one attached hydrogen (secondary N) is 1. The van der Waals surface area contributed by atoms with Crippen LogP contribution in [0.3, 0.4) is 0 Å². The van der Waals surface area contributed by atoms with Gasteiger partial charge in [-0.3, -0.25) is 18.7 Å². The van der Waals surface area contributed by atoms with E-state index >= 15 is 0 Å². The molecule has 0 fully saturated rings. The summed E-state index contributed by atoms with van der Waals surface area (Å²) < 4.78 is 2.24. The molecule has 0 radical (unpaired) electrons. The number of halogens is 1. The highest BCUT2D eigenvalue weighted by atomic mass is 35.5. The summed E-state index contributed by atoms with van der Waals surface area (Å²) in [6.45, 7) is -0.189. The number of benzene rings is 2. The van der Waals surface area contributed by atoms with Crippen LogP contribution in [0.2, 0.25) is 5.02 Å². The first-order valence-electron chi connectivity index (χ1n) is 9.57. The molecule has 2 heterocycles. The summed E-state index contributed by atoms with van der Waals surface area (Å²) in [5.41, 5.74) is 0.338. The summed E-state index contributed by atoms with van der Waals surface area (Å²) in [6, 6.07) is 16.3. The lowest BCUT2D eigenvalue weighted by molar-refractivity contribution is -0.116. The smallest absolute Gasteiger partial charge is 0.323 e. The number of rotatable bonds is 6. The number of hydrogen-bond donors (Lipinski definition) is 1. The molecule has 2 aromatic heterocycles. The van der Waals surface area contributed by atoms with Gasteiger partial charge < -0.3 is 5.32 Å². The third kappa shape index (κ3) is 4.39. The van der Waals surface area contributed by atoms with Gasteiger partial charge in [-0.15, -0.1) is 0 Å². The van der Waals surface area contributed by atoms with Gasteiger partial charge in [0.05, 0.1) is 10.7 Å². The van der Waals surface area contributed by atoms with E-state index in [1.807, 2.05) is 30.3 Å². The molecular formula is C22H18ClN5O3. The summed E-state index contributed by atoms with van der Waals surface area (Å²) in [5, 5.41) is 3.05. The van der Waals surface area contributed by atoms with Crippen molar-refractivity contribution in [2.75, 3.05) is 5.32 Å². The largest absolute Gasteiger partial charge is 0.333 e. The van der Waals surface area contributed by atoms with Crippen LogP contribution >= 0.6 is 11.6 Å². The second kappa shape index (κ2) is 8.93. The summed E-state index contributed by atoms with van der Waals surface area (Å²) >= 11 is 6.09. The molecule has 2 aromatic carbocycles. The Balaban J connectivity index is 1.70. The lowest BCUT2D eigenvalue weighted by Gasteiger charge is -2.13. The highest BCUT2D eigenvalue weighted by molar-refractivity contribution is 6.33. The Morgan fingerprint density at radius 3 is 2.42 bits per heavy atom.